The minimum atomic E-state index is -2.60. The van der Waals surface area contributed by atoms with Crippen molar-refractivity contribution >= 4 is 38.4 Å². The van der Waals surface area contributed by atoms with E-state index in [0.29, 0.717) is 36.7 Å². The number of nitrogens with one attached hydrogen (secondary N) is 2. The SMILES string of the molecule is CNC[C@H]1[C@H]2CC#C[C@@H]3C[C@@H]4CC[C@@H]5CC[C@]([C@@H]1O)([C@@H]1O[C@H]6[C@H](C(=O)Oc7c(CO)[nH]c8ccc9cc%10ccccc%10cc9c78)O[C@@]7(O)[C@H](O)CC[C@@H]([C@H]21)[C@@]67O)[C@@]54c1ccc(O)cc13. The number of carbonyl (C=O) groups excluding carboxylic acids is 1. The smallest absolute Gasteiger partial charge is 0.343 e. The Morgan fingerprint density at radius 1 is 0.953 bits per heavy atom. The third-order valence-corrected chi connectivity index (χ3v) is 18.5. The predicted molar refractivity (Wildman–Crippen MR) is 235 cm³/mol. The van der Waals surface area contributed by atoms with Crippen LogP contribution >= 0.6 is 0 Å². The van der Waals surface area contributed by atoms with Gasteiger partial charge in [0.25, 0.3) is 0 Å². The standard InChI is InChI=1S/C52H54N2O10/c1-53-23-35-32-8-4-7-27-20-30-11-10-29-17-18-49(45(35)58,50(29,30)36-13-12-31(56)22-33(27)36)46-41(32)37-14-16-40(57)52(61)51(37,60)47(63-46)44(64-52)48(59)62-43-39(24-55)54-38-15-9-28-19-25-5-2-3-6-26(25)21-34(28)42(38)43/h2-3,5-6,9,12-13,15,19,21-22,27,29-30,32,35,37,40-41,44-47,53-58,60-61H,8,10-11,14,16-18,20,23-24H2,1H3/t27-,29-,30+,32-,35+,37+,40-,41+,44-,45-,46-,47+,49+,50+,51-,52+/m1/s1. The van der Waals surface area contributed by atoms with Gasteiger partial charge in [0.15, 0.2) is 17.5 Å². The number of aliphatic hydroxyl groups is 5. The Balaban J connectivity index is 0.993. The first-order valence-corrected chi connectivity index (χ1v) is 23.4. The average molecular weight is 867 g/mol. The van der Waals surface area contributed by atoms with Crippen LogP contribution in [0.3, 0.4) is 0 Å². The van der Waals surface area contributed by atoms with Gasteiger partial charge in [0.2, 0.25) is 5.79 Å². The Kier molecular flexibility index (Phi) is 8.40. The Hall–Kier alpha value is -4.55. The fourth-order valence-electron chi connectivity index (χ4n) is 16.4. The molecular weight excluding hydrogens is 813 g/mol. The topological polar surface area (TPSA) is 194 Å². The van der Waals surface area contributed by atoms with Crippen molar-refractivity contribution < 1.29 is 49.6 Å². The molecule has 3 heterocycles. The van der Waals surface area contributed by atoms with Crippen LogP contribution in [0.1, 0.15) is 74.1 Å². The van der Waals surface area contributed by atoms with Crippen LogP contribution in [0.5, 0.6) is 11.5 Å². The highest BCUT2D eigenvalue weighted by Crippen LogP contribution is 2.78. The van der Waals surface area contributed by atoms with Gasteiger partial charge in [-0.3, -0.25) is 0 Å². The van der Waals surface area contributed by atoms with Crippen LogP contribution in [0.4, 0.5) is 0 Å². The number of H-pyrrole nitrogens is 1. The van der Waals surface area contributed by atoms with Gasteiger partial charge in [-0.1, -0.05) is 42.3 Å². The molecule has 4 bridgehead atoms. The molecule has 2 saturated heterocycles. The zero-order valence-electron chi connectivity index (χ0n) is 35.7. The van der Waals surface area contributed by atoms with E-state index >= 15 is 4.79 Å². The van der Waals surface area contributed by atoms with E-state index in [9.17, 15) is 30.6 Å². The Morgan fingerprint density at radius 2 is 1.77 bits per heavy atom. The average Bonchev–Trinajstić information content (AvgIpc) is 4.01. The number of hydrogen-bond acceptors (Lipinski definition) is 11. The van der Waals surface area contributed by atoms with Gasteiger partial charge in [-0.05, 0) is 139 Å². The minimum Gasteiger partial charge on any atom is -0.508 e. The number of aliphatic hydroxyl groups excluding tert-OH is 3. The van der Waals surface area contributed by atoms with E-state index in [0.717, 1.165) is 58.4 Å². The lowest BCUT2D eigenvalue weighted by atomic mass is 9.40. The largest absolute Gasteiger partial charge is 0.508 e. The number of aromatic amines is 1. The fraction of sp³-hybridized carbons (Fsp3) is 0.519. The summed E-state index contributed by atoms with van der Waals surface area (Å²) in [6.45, 7) is 0.0181. The molecule has 0 amide bonds. The molecule has 12 heteroatoms. The van der Waals surface area contributed by atoms with E-state index in [2.05, 4.69) is 34.3 Å². The second-order valence-electron chi connectivity index (χ2n) is 20.6. The number of aromatic hydroxyl groups is 1. The third-order valence-electron chi connectivity index (χ3n) is 18.5. The van der Waals surface area contributed by atoms with E-state index in [1.807, 2.05) is 55.6 Å². The molecular formula is C52H54N2O10. The van der Waals surface area contributed by atoms with Crippen molar-refractivity contribution in [3.8, 4) is 23.3 Å². The van der Waals surface area contributed by atoms with Crippen molar-refractivity contribution in [2.24, 2.45) is 40.9 Å². The van der Waals surface area contributed by atoms with Crippen LogP contribution in [0.2, 0.25) is 0 Å². The summed E-state index contributed by atoms with van der Waals surface area (Å²) < 4.78 is 20.3. The maximum atomic E-state index is 15.1. The summed E-state index contributed by atoms with van der Waals surface area (Å²) in [6, 6.07) is 21.6. The zero-order chi connectivity index (χ0) is 43.7. The molecule has 0 radical (unpaired) electrons. The van der Waals surface area contributed by atoms with Gasteiger partial charge in [-0.25, -0.2) is 4.79 Å². The van der Waals surface area contributed by atoms with Crippen molar-refractivity contribution in [3.05, 3.63) is 83.6 Å². The number of benzene rings is 4. The summed E-state index contributed by atoms with van der Waals surface area (Å²) in [6.07, 6.45) is -1.30. The number of hydrogen-bond donors (Lipinski definition) is 8. The molecule has 9 aliphatic rings. The van der Waals surface area contributed by atoms with Gasteiger partial charge < -0.3 is 55.2 Å². The number of phenolic OH excluding ortho intramolecular Hbond substituents is 1. The number of phenols is 1. The highest BCUT2D eigenvalue weighted by Gasteiger charge is 2.84. The van der Waals surface area contributed by atoms with E-state index < -0.39 is 77.1 Å². The quantitative estimate of drug-likeness (QED) is 0.0673. The Bertz CT molecular complexity index is 2870. The van der Waals surface area contributed by atoms with Crippen LogP contribution in [-0.4, -0.2) is 97.1 Å². The first-order chi connectivity index (χ1) is 31.0. The van der Waals surface area contributed by atoms with Gasteiger partial charge in [-0.15, -0.1) is 5.92 Å². The van der Waals surface area contributed by atoms with Crippen LogP contribution in [-0.2, 0) is 26.3 Å². The molecule has 16 atom stereocenters. The summed E-state index contributed by atoms with van der Waals surface area (Å²) in [5.41, 5.74) is -0.711. The number of aromatic nitrogens is 1. The molecule has 0 unspecified atom stereocenters. The second kappa shape index (κ2) is 13.5. The lowest BCUT2D eigenvalue weighted by Gasteiger charge is -2.69. The third kappa shape index (κ3) is 4.65. The molecule has 4 saturated carbocycles. The summed E-state index contributed by atoms with van der Waals surface area (Å²) in [5.74, 6) is 2.47. The van der Waals surface area contributed by atoms with Gasteiger partial charge in [0, 0.05) is 41.5 Å². The predicted octanol–water partition coefficient (Wildman–Crippen LogP) is 5.02. The maximum absolute atomic E-state index is 15.1. The first kappa shape index (κ1) is 39.8. The normalized spacial score (nSPS) is 42.2. The lowest BCUT2D eigenvalue weighted by molar-refractivity contribution is -0.377. The number of ether oxygens (including phenoxy) is 3. The van der Waals surface area contributed by atoms with E-state index in [4.69, 9.17) is 14.2 Å². The molecule has 64 heavy (non-hydrogen) atoms. The van der Waals surface area contributed by atoms with Crippen LogP contribution in [0.25, 0.3) is 32.4 Å². The van der Waals surface area contributed by atoms with Crippen molar-refractivity contribution in [2.45, 2.75) is 111 Å². The first-order valence-electron chi connectivity index (χ1n) is 23.4. The molecule has 2 spiro atoms. The number of carbonyl (C=O) groups is 1. The second-order valence-corrected chi connectivity index (χ2v) is 20.6. The number of fused-ring (bicyclic) bond motifs is 7. The Labute approximate surface area is 369 Å². The molecule has 7 aliphatic carbocycles. The van der Waals surface area contributed by atoms with E-state index in [-0.39, 0.29) is 53.2 Å². The summed E-state index contributed by atoms with van der Waals surface area (Å²) >= 11 is 0. The zero-order valence-corrected chi connectivity index (χ0v) is 35.7. The van der Waals surface area contributed by atoms with Gasteiger partial charge in [-0.2, -0.15) is 0 Å². The fourth-order valence-corrected chi connectivity index (χ4v) is 16.4. The maximum Gasteiger partial charge on any atom is 0.343 e. The van der Waals surface area contributed by atoms with Crippen molar-refractivity contribution in [1.82, 2.24) is 10.3 Å². The minimum absolute atomic E-state index is 0.0929. The molecule has 5 aromatic rings. The molecule has 12 nitrogen and oxygen atoms in total. The number of esters is 1. The van der Waals surface area contributed by atoms with Gasteiger partial charge in [0.1, 0.15) is 18.0 Å². The molecule has 1 aromatic heterocycles. The summed E-state index contributed by atoms with van der Waals surface area (Å²) in [4.78, 5) is 18.4. The Morgan fingerprint density at radius 3 is 2.58 bits per heavy atom. The van der Waals surface area contributed by atoms with Crippen LogP contribution in [0, 0.1) is 52.8 Å². The van der Waals surface area contributed by atoms with Crippen molar-refractivity contribution in [1.29, 1.82) is 0 Å². The van der Waals surface area contributed by atoms with Crippen LogP contribution in [0.15, 0.2) is 66.7 Å². The van der Waals surface area contributed by atoms with E-state index in [1.54, 1.807) is 6.07 Å². The monoisotopic (exact) mass is 866 g/mol. The van der Waals surface area contributed by atoms with Gasteiger partial charge in [0.05, 0.1) is 35.4 Å². The lowest BCUT2D eigenvalue weighted by Crippen LogP contribution is -2.79. The van der Waals surface area contributed by atoms with Crippen molar-refractivity contribution in [2.75, 3.05) is 13.6 Å². The molecule has 332 valence electrons. The molecule has 2 aliphatic heterocycles. The molecule has 6 fully saturated rings. The molecule has 8 N–H and O–H groups in total. The highest BCUT2D eigenvalue weighted by molar-refractivity contribution is 6.14. The summed E-state index contributed by atoms with van der Waals surface area (Å²) in [7, 11) is 1.89. The van der Waals surface area contributed by atoms with E-state index in [1.165, 1.54) is 0 Å². The van der Waals surface area contributed by atoms with Gasteiger partial charge >= 0.3 is 5.97 Å². The highest BCUT2D eigenvalue weighted by atomic mass is 16.7. The molecule has 14 rings (SSSR count). The van der Waals surface area contributed by atoms with Crippen molar-refractivity contribution in [3.63, 3.8) is 0 Å². The molecule has 4 aromatic carbocycles. The number of rotatable bonds is 5. The summed E-state index contributed by atoms with van der Waals surface area (Å²) in [5, 5.41) is 80.8. The van der Waals surface area contributed by atoms with Crippen LogP contribution < -0.4 is 10.1 Å².